The van der Waals surface area contributed by atoms with Crippen LogP contribution in [-0.2, 0) is 38.1 Å². The zero-order valence-electron chi connectivity index (χ0n) is 15.9. The number of rotatable bonds is 2. The van der Waals surface area contributed by atoms with E-state index in [2.05, 4.69) is 0 Å². The van der Waals surface area contributed by atoms with Gasteiger partial charge in [-0.05, 0) is 33.8 Å². The molecule has 0 radical (unpaired) electrons. The fourth-order valence-corrected chi connectivity index (χ4v) is 2.25. The monoisotopic (exact) mass is 386 g/mol. The molecule has 152 valence electrons. The van der Waals surface area contributed by atoms with E-state index in [0.29, 0.717) is 0 Å². The first-order chi connectivity index (χ1) is 12.6. The molecule has 0 aromatic rings. The molecule has 0 aromatic carbocycles. The predicted octanol–water partition coefficient (Wildman–Crippen LogP) is 0.467. The summed E-state index contributed by atoms with van der Waals surface area (Å²) in [7, 11) is 0. The predicted molar refractivity (Wildman–Crippen MR) is 91.5 cm³/mol. The molecule has 5 atom stereocenters. The van der Waals surface area contributed by atoms with Crippen molar-refractivity contribution in [1.29, 1.82) is 0 Å². The molecule has 9 nitrogen and oxygen atoms in total. The molecular formula is C18H26O9. The number of ketones is 1. The second-order valence-electron chi connectivity index (χ2n) is 6.19. The SMILES string of the molecule is CCO[C@H]1CC(=O)[C@@H](C)OC(=O)C[C@H](C)OC(=O)/C=C/[C@@H](O)[C@H](C)OC1=O. The lowest BCUT2D eigenvalue weighted by molar-refractivity contribution is -0.168. The van der Waals surface area contributed by atoms with Crippen LogP contribution in [0.3, 0.4) is 0 Å². The Morgan fingerprint density at radius 3 is 2.37 bits per heavy atom. The van der Waals surface area contributed by atoms with Gasteiger partial charge in [0.15, 0.2) is 18.0 Å². The first-order valence-electron chi connectivity index (χ1n) is 8.75. The molecule has 9 heteroatoms. The third-order valence-corrected chi connectivity index (χ3v) is 3.76. The molecule has 1 N–H and O–H groups in total. The molecule has 1 aliphatic heterocycles. The third-order valence-electron chi connectivity index (χ3n) is 3.76. The summed E-state index contributed by atoms with van der Waals surface area (Å²) in [6, 6.07) is 0. The molecule has 27 heavy (non-hydrogen) atoms. The minimum absolute atomic E-state index is 0.154. The van der Waals surface area contributed by atoms with Crippen LogP contribution in [0, 0.1) is 0 Å². The number of carbonyl (C=O) groups is 4. The van der Waals surface area contributed by atoms with Gasteiger partial charge in [-0.15, -0.1) is 0 Å². The van der Waals surface area contributed by atoms with Gasteiger partial charge in [0.05, 0.1) is 6.42 Å². The molecule has 0 bridgehead atoms. The summed E-state index contributed by atoms with van der Waals surface area (Å²) in [5.74, 6) is -2.87. The second kappa shape index (κ2) is 10.8. The van der Waals surface area contributed by atoms with Gasteiger partial charge in [-0.1, -0.05) is 0 Å². The maximum atomic E-state index is 12.3. The molecule has 0 unspecified atom stereocenters. The number of aliphatic hydroxyl groups excluding tert-OH is 1. The van der Waals surface area contributed by atoms with Gasteiger partial charge in [-0.2, -0.15) is 0 Å². The van der Waals surface area contributed by atoms with Gasteiger partial charge < -0.3 is 24.1 Å². The second-order valence-corrected chi connectivity index (χ2v) is 6.19. The van der Waals surface area contributed by atoms with Crippen LogP contribution in [0.25, 0.3) is 0 Å². The maximum absolute atomic E-state index is 12.3. The molecule has 0 fully saturated rings. The quantitative estimate of drug-likeness (QED) is 0.532. The molecule has 1 heterocycles. The van der Waals surface area contributed by atoms with Crippen molar-refractivity contribution >= 4 is 23.7 Å². The van der Waals surface area contributed by atoms with Crippen LogP contribution in [0.4, 0.5) is 0 Å². The normalized spacial score (nSPS) is 33.0. The molecule has 0 aliphatic carbocycles. The highest BCUT2D eigenvalue weighted by molar-refractivity contribution is 5.90. The van der Waals surface area contributed by atoms with E-state index < -0.39 is 54.2 Å². The zero-order chi connectivity index (χ0) is 20.6. The number of cyclic esters (lactones) is 3. The molecule has 0 saturated carbocycles. The first kappa shape index (κ1) is 22.8. The summed E-state index contributed by atoms with van der Waals surface area (Å²) in [5, 5.41) is 9.99. The number of esters is 3. The van der Waals surface area contributed by atoms with E-state index in [-0.39, 0.29) is 19.4 Å². The van der Waals surface area contributed by atoms with Crippen LogP contribution in [0.5, 0.6) is 0 Å². The Hall–Kier alpha value is -2.26. The molecule has 0 saturated heterocycles. The number of Topliss-reactive ketones (excluding diaryl/α,β-unsaturated/α-hetero) is 1. The highest BCUT2D eigenvalue weighted by Gasteiger charge is 2.30. The number of aliphatic hydroxyl groups is 1. The van der Waals surface area contributed by atoms with E-state index in [4.69, 9.17) is 18.9 Å². The van der Waals surface area contributed by atoms with Crippen molar-refractivity contribution in [2.75, 3.05) is 6.61 Å². The summed E-state index contributed by atoms with van der Waals surface area (Å²) in [6.45, 7) is 6.10. The highest BCUT2D eigenvalue weighted by atomic mass is 16.6. The summed E-state index contributed by atoms with van der Waals surface area (Å²) < 4.78 is 20.4. The van der Waals surface area contributed by atoms with E-state index >= 15 is 0 Å². The van der Waals surface area contributed by atoms with Gasteiger partial charge in [0.25, 0.3) is 0 Å². The van der Waals surface area contributed by atoms with Gasteiger partial charge in [-0.3, -0.25) is 9.59 Å². The van der Waals surface area contributed by atoms with E-state index in [9.17, 15) is 24.3 Å². The number of hydrogen-bond donors (Lipinski definition) is 1. The van der Waals surface area contributed by atoms with Gasteiger partial charge in [0, 0.05) is 19.1 Å². The smallest absolute Gasteiger partial charge is 0.336 e. The van der Waals surface area contributed by atoms with Crippen molar-refractivity contribution in [1.82, 2.24) is 0 Å². The van der Waals surface area contributed by atoms with Gasteiger partial charge in [0.1, 0.15) is 18.3 Å². The number of hydrogen-bond acceptors (Lipinski definition) is 9. The average molecular weight is 386 g/mol. The molecule has 0 aromatic heterocycles. The summed E-state index contributed by atoms with van der Waals surface area (Å²) in [5.41, 5.74) is 0. The van der Waals surface area contributed by atoms with Gasteiger partial charge in [-0.25, -0.2) is 9.59 Å². The fraction of sp³-hybridized carbons (Fsp3) is 0.667. The zero-order valence-corrected chi connectivity index (χ0v) is 15.9. The lowest BCUT2D eigenvalue weighted by Gasteiger charge is -2.22. The average Bonchev–Trinajstić information content (AvgIpc) is 2.57. The van der Waals surface area contributed by atoms with Crippen LogP contribution in [-0.4, -0.2) is 65.9 Å². The number of ether oxygens (including phenoxy) is 4. The van der Waals surface area contributed by atoms with Crippen molar-refractivity contribution in [3.8, 4) is 0 Å². The van der Waals surface area contributed by atoms with Crippen molar-refractivity contribution in [2.45, 2.75) is 71.1 Å². The van der Waals surface area contributed by atoms with E-state index in [1.54, 1.807) is 6.92 Å². The maximum Gasteiger partial charge on any atom is 0.336 e. The van der Waals surface area contributed by atoms with Crippen molar-refractivity contribution < 1.29 is 43.2 Å². The molecule has 1 aliphatic rings. The Bertz CT molecular complexity index is 583. The lowest BCUT2D eigenvalue weighted by atomic mass is 10.1. The molecule has 0 spiro atoms. The van der Waals surface area contributed by atoms with Gasteiger partial charge >= 0.3 is 17.9 Å². The molecule has 1 rings (SSSR count). The Balaban J connectivity index is 3.02. The number of carbonyl (C=O) groups excluding carboxylic acids is 4. The van der Waals surface area contributed by atoms with Gasteiger partial charge in [0.2, 0.25) is 0 Å². The standard InChI is InChI=1S/C18H26O9/c1-5-24-15-9-14(20)12(4)26-17(22)8-10(2)25-16(21)7-6-13(19)11(3)27-18(15)23/h6-7,10-13,15,19H,5,8-9H2,1-4H3/b7-6+/t10-,11-,12+,13+,15-/m0/s1. The first-order valence-corrected chi connectivity index (χ1v) is 8.75. The van der Waals surface area contributed by atoms with Crippen LogP contribution in [0.1, 0.15) is 40.5 Å². The lowest BCUT2D eigenvalue weighted by Crippen LogP contribution is -2.37. The van der Waals surface area contributed by atoms with Crippen molar-refractivity contribution in [2.24, 2.45) is 0 Å². The summed E-state index contributed by atoms with van der Waals surface area (Å²) in [4.78, 5) is 48.1. The van der Waals surface area contributed by atoms with Crippen LogP contribution < -0.4 is 0 Å². The highest BCUT2D eigenvalue weighted by Crippen LogP contribution is 2.12. The fourth-order valence-electron chi connectivity index (χ4n) is 2.25. The van der Waals surface area contributed by atoms with Crippen LogP contribution in [0.2, 0.25) is 0 Å². The van der Waals surface area contributed by atoms with Crippen molar-refractivity contribution in [3.63, 3.8) is 0 Å². The molecule has 0 amide bonds. The Labute approximate surface area is 157 Å². The minimum atomic E-state index is -1.27. The Morgan fingerprint density at radius 1 is 1.07 bits per heavy atom. The topological polar surface area (TPSA) is 125 Å². The van der Waals surface area contributed by atoms with Crippen LogP contribution in [0.15, 0.2) is 12.2 Å². The van der Waals surface area contributed by atoms with E-state index in [1.165, 1.54) is 20.8 Å². The molecular weight excluding hydrogens is 360 g/mol. The van der Waals surface area contributed by atoms with E-state index in [1.807, 2.05) is 0 Å². The summed E-state index contributed by atoms with van der Waals surface area (Å²) in [6.07, 6.45) is -3.84. The Morgan fingerprint density at radius 2 is 1.74 bits per heavy atom. The van der Waals surface area contributed by atoms with Crippen LogP contribution >= 0.6 is 0 Å². The Kier molecular flexibility index (Phi) is 9.10. The minimum Gasteiger partial charge on any atom is -0.459 e. The van der Waals surface area contributed by atoms with E-state index in [0.717, 1.165) is 12.2 Å². The summed E-state index contributed by atoms with van der Waals surface area (Å²) >= 11 is 0. The third kappa shape index (κ3) is 7.88. The largest absolute Gasteiger partial charge is 0.459 e. The van der Waals surface area contributed by atoms with Crippen molar-refractivity contribution in [3.05, 3.63) is 12.2 Å².